The minimum atomic E-state index is -6.00. The van der Waals surface area contributed by atoms with Gasteiger partial charge in [0.25, 0.3) is 0 Å². The predicted octanol–water partition coefficient (Wildman–Crippen LogP) is 5.91. The van der Waals surface area contributed by atoms with Crippen LogP contribution in [0.5, 0.6) is 0 Å². The molecular weight excluding hydrogens is 327 g/mol. The molecule has 0 heterocycles. The topological polar surface area (TPSA) is 28.1 Å². The van der Waals surface area contributed by atoms with Crippen molar-refractivity contribution in [3.05, 3.63) is 32.7 Å². The van der Waals surface area contributed by atoms with Crippen molar-refractivity contribution in [1.29, 1.82) is 5.39 Å². The maximum absolute atomic E-state index is 12.2. The van der Waals surface area contributed by atoms with E-state index in [0.29, 0.717) is 12.1 Å². The molecule has 0 N–H and O–H groups in total. The standard InChI is InChI=1S/C7H2Cl2F3N2.BF4/c8-4-1-3(7(10,11)12)2-5(9)6(4)14-13;2-1(3,4)5/h1-2H;/q+1;-1/p+1. The number of alkyl halides is 3. The normalized spacial score (nSPS) is 11.4. The molecule has 0 aliphatic heterocycles. The summed E-state index contributed by atoms with van der Waals surface area (Å²) in [7, 11) is -6.00. The van der Waals surface area contributed by atoms with Crippen molar-refractivity contribution in [3.8, 4) is 0 Å². The minimum Gasteiger partial charge on any atom is -0.418 e. The summed E-state index contributed by atoms with van der Waals surface area (Å²) in [5.74, 6) is 0. The molecule has 0 bridgehead atoms. The molecule has 0 saturated carbocycles. The lowest BCUT2D eigenvalue weighted by Crippen LogP contribution is -2.04. The Morgan fingerprint density at radius 1 is 1.05 bits per heavy atom. The van der Waals surface area contributed by atoms with Crippen LogP contribution in [0.1, 0.15) is 6.99 Å². The van der Waals surface area contributed by atoms with Crippen LogP contribution in [0.25, 0.3) is 4.98 Å². The van der Waals surface area contributed by atoms with Crippen molar-refractivity contribution in [1.82, 2.24) is 0 Å². The third kappa shape index (κ3) is 7.08. The highest BCUT2D eigenvalue weighted by Crippen LogP contribution is 2.39. The molecular formula is C7H3BCl2F7N2+. The predicted molar refractivity (Wildman–Crippen MR) is 57.5 cm³/mol. The molecule has 0 unspecified atom stereocenters. The Morgan fingerprint density at radius 2 is 1.37 bits per heavy atom. The second-order valence-electron chi connectivity index (χ2n) is 2.88. The van der Waals surface area contributed by atoms with E-state index in [4.69, 9.17) is 28.6 Å². The Kier molecular flexibility index (Phi) is 5.90. The molecule has 106 valence electrons. The van der Waals surface area contributed by atoms with Gasteiger partial charge in [-0.25, -0.2) is 0 Å². The number of diazo groups is 1. The summed E-state index contributed by atoms with van der Waals surface area (Å²) >= 11 is 10.8. The highest BCUT2D eigenvalue weighted by Gasteiger charge is 2.34. The van der Waals surface area contributed by atoms with Crippen LogP contribution >= 0.6 is 23.2 Å². The van der Waals surface area contributed by atoms with Crippen molar-refractivity contribution >= 4 is 36.1 Å². The van der Waals surface area contributed by atoms with Gasteiger partial charge in [0.2, 0.25) is 5.39 Å². The summed E-state index contributed by atoms with van der Waals surface area (Å²) in [4.78, 5) is 2.66. The summed E-state index contributed by atoms with van der Waals surface area (Å²) < 4.78 is 75.5. The Morgan fingerprint density at radius 3 is 1.58 bits per heavy atom. The van der Waals surface area contributed by atoms with Gasteiger partial charge in [0, 0.05) is 0 Å². The van der Waals surface area contributed by atoms with Gasteiger partial charge in [-0.2, -0.15) is 13.2 Å². The largest absolute Gasteiger partial charge is 1.00 e. The fraction of sp³-hybridized carbons (Fsp3) is 0.143. The van der Waals surface area contributed by atoms with Crippen molar-refractivity contribution < 1.29 is 31.9 Å². The average Bonchev–Trinajstić information content (AvgIpc) is 2.12. The van der Waals surface area contributed by atoms with Crippen molar-refractivity contribution in [2.24, 2.45) is 0 Å². The van der Waals surface area contributed by atoms with E-state index in [1.165, 1.54) is 0 Å². The van der Waals surface area contributed by atoms with Crippen LogP contribution in [0.2, 0.25) is 10.0 Å². The average molecular weight is 330 g/mol. The molecule has 0 atom stereocenters. The summed E-state index contributed by atoms with van der Waals surface area (Å²) in [6, 6.07) is 1.28. The molecule has 0 fully saturated rings. The molecule has 2 nitrogen and oxygen atoms in total. The molecule has 0 radical (unpaired) electrons. The van der Waals surface area contributed by atoms with E-state index in [2.05, 4.69) is 4.98 Å². The Hall–Kier alpha value is -1.21. The molecule has 0 amide bonds. The van der Waals surface area contributed by atoms with Gasteiger partial charge < -0.3 is 17.3 Å². The van der Waals surface area contributed by atoms with Crippen molar-refractivity contribution in [2.45, 2.75) is 6.18 Å². The molecule has 0 saturated heterocycles. The molecule has 1 rings (SSSR count). The fourth-order valence-electron chi connectivity index (χ4n) is 0.825. The fourth-order valence-corrected chi connectivity index (χ4v) is 1.39. The first-order chi connectivity index (χ1) is 8.36. The smallest absolute Gasteiger partial charge is 0.418 e. The first-order valence-corrected chi connectivity index (χ1v) is 4.90. The maximum atomic E-state index is 12.2. The first kappa shape index (κ1) is 17.8. The summed E-state index contributed by atoms with van der Waals surface area (Å²) in [6.07, 6.45) is -4.53. The Bertz CT molecular complexity index is 470. The zero-order valence-corrected chi connectivity index (χ0v) is 10.0. The zero-order chi connectivity index (χ0) is 15.4. The minimum absolute atomic E-state index is 0. The molecule has 1 aromatic rings. The quantitative estimate of drug-likeness (QED) is 0.330. The summed E-state index contributed by atoms with van der Waals surface area (Å²) in [6.45, 7) is 0. The number of benzene rings is 1. The molecule has 0 aliphatic carbocycles. The van der Waals surface area contributed by atoms with E-state index in [1.807, 2.05) is 0 Å². The molecule has 0 aromatic heterocycles. The second-order valence-corrected chi connectivity index (χ2v) is 3.70. The van der Waals surface area contributed by atoms with Gasteiger partial charge in [0.05, 0.1) is 5.56 Å². The van der Waals surface area contributed by atoms with Crippen LogP contribution in [0.15, 0.2) is 12.1 Å². The number of nitrogens with zero attached hydrogens (tertiary/aromatic N) is 2. The van der Waals surface area contributed by atoms with E-state index >= 15 is 0 Å². The lowest BCUT2D eigenvalue weighted by molar-refractivity contribution is -0.137. The van der Waals surface area contributed by atoms with E-state index in [-0.39, 0.29) is 17.2 Å². The van der Waals surface area contributed by atoms with Crippen LogP contribution in [0, 0.1) is 5.39 Å². The zero-order valence-electron chi connectivity index (χ0n) is 9.53. The number of halogens is 9. The van der Waals surface area contributed by atoms with Gasteiger partial charge in [-0.1, -0.05) is 23.2 Å². The second kappa shape index (κ2) is 6.30. The maximum Gasteiger partial charge on any atom is 1.00 e. The summed E-state index contributed by atoms with van der Waals surface area (Å²) in [5.41, 5.74) is -1.26. The van der Waals surface area contributed by atoms with Crippen LogP contribution in [0.4, 0.5) is 36.1 Å². The number of hydrogen-bond donors (Lipinski definition) is 0. The van der Waals surface area contributed by atoms with Gasteiger partial charge >= 0.3 is 20.5 Å². The van der Waals surface area contributed by atoms with Gasteiger partial charge in [0.15, 0.2) is 4.98 Å². The number of hydrogen-bond acceptors (Lipinski definition) is 1. The van der Waals surface area contributed by atoms with Gasteiger partial charge in [-0.15, -0.1) is 0 Å². The number of rotatable bonds is 0. The van der Waals surface area contributed by atoms with Crippen LogP contribution in [-0.2, 0) is 6.18 Å². The van der Waals surface area contributed by atoms with Gasteiger partial charge in [-0.05, 0) is 12.1 Å². The van der Waals surface area contributed by atoms with E-state index in [1.54, 1.807) is 0 Å². The molecule has 0 aliphatic rings. The lowest BCUT2D eigenvalue weighted by atomic mass is 10.2. The van der Waals surface area contributed by atoms with Crippen LogP contribution < -0.4 is 0 Å². The monoisotopic (exact) mass is 329 g/mol. The molecule has 0 spiro atoms. The Labute approximate surface area is 113 Å². The third-order valence-corrected chi connectivity index (χ3v) is 2.02. The first-order valence-electron chi connectivity index (χ1n) is 4.15. The Balaban J connectivity index is 0. The van der Waals surface area contributed by atoms with Crippen LogP contribution in [-0.4, -0.2) is 7.25 Å². The van der Waals surface area contributed by atoms with Gasteiger partial charge in [0.1, 0.15) is 10.0 Å². The highest BCUT2D eigenvalue weighted by molar-refractivity contribution is 6.50. The third-order valence-electron chi connectivity index (χ3n) is 1.44. The van der Waals surface area contributed by atoms with Crippen molar-refractivity contribution in [3.63, 3.8) is 0 Å². The van der Waals surface area contributed by atoms with E-state index < -0.39 is 19.0 Å². The SMILES string of the molecule is F[B-](F)(F)F.N#[N+]c1c(Cl)cc(C(F)(F)F)cc1Cl.[H+]. The van der Waals surface area contributed by atoms with Crippen molar-refractivity contribution in [2.75, 3.05) is 0 Å². The van der Waals surface area contributed by atoms with Gasteiger partial charge in [-0.3, -0.25) is 0 Å². The molecule has 12 heteroatoms. The highest BCUT2D eigenvalue weighted by atomic mass is 35.5. The summed E-state index contributed by atoms with van der Waals surface area (Å²) in [5, 5.41) is 7.66. The molecule has 1 aromatic carbocycles. The van der Waals surface area contributed by atoms with Crippen LogP contribution in [0.3, 0.4) is 0 Å². The van der Waals surface area contributed by atoms with E-state index in [0.717, 1.165) is 0 Å². The molecule has 19 heavy (non-hydrogen) atoms. The lowest BCUT2D eigenvalue weighted by Gasteiger charge is -2.05. The van der Waals surface area contributed by atoms with E-state index in [9.17, 15) is 30.4 Å².